The van der Waals surface area contributed by atoms with Crippen molar-refractivity contribution in [3.05, 3.63) is 0 Å². The average Bonchev–Trinajstić information content (AvgIpc) is 0.833. The molecule has 45 heteroatoms. The SMILES string of the molecule is C.CC(CO)(CO)C(C)(CO)CO.CC(CO)(CO)C(CO)CO.CCC(C)(C)CO.CCC(CO)(CO)COCC(CO)(CO)COCC(CO)(CO)CO.OCC(CO)(CO)COCC(CO)(CO)CO.OCCC(CCO)C(CCO)CCO.OCCC(CCO)C(CO)CO.OCCC(CO)C(CCO)CCO.OCCC(CO)C(CO)CCO.OCCC(CO)C(CO)CO. The lowest BCUT2D eigenvalue weighted by Crippen LogP contribution is -2.48. The molecule has 4 atom stereocenters. The van der Waals surface area contributed by atoms with Gasteiger partial charge in [-0.2, -0.15) is 0 Å². The highest BCUT2D eigenvalue weighted by atomic mass is 16.5. The molecule has 0 fully saturated rings. The van der Waals surface area contributed by atoms with Gasteiger partial charge in [-0.15, -0.1) is 0 Å². The van der Waals surface area contributed by atoms with Gasteiger partial charge >= 0.3 is 0 Å². The van der Waals surface area contributed by atoms with Crippen LogP contribution in [0.25, 0.3) is 0 Å². The smallest absolute Gasteiger partial charge is 0.0632 e. The van der Waals surface area contributed by atoms with Crippen LogP contribution in [0, 0.1) is 114 Å². The van der Waals surface area contributed by atoms with Gasteiger partial charge in [0.1, 0.15) is 0 Å². The van der Waals surface area contributed by atoms with Crippen molar-refractivity contribution in [3.63, 3.8) is 0 Å². The Kier molecular flexibility index (Phi) is 116. The molecule has 42 N–H and O–H groups in total. The van der Waals surface area contributed by atoms with E-state index in [0.717, 1.165) is 6.42 Å². The zero-order valence-corrected chi connectivity index (χ0v) is 81.7. The van der Waals surface area contributed by atoms with Gasteiger partial charge in [0.05, 0.1) is 187 Å². The maximum Gasteiger partial charge on any atom is 0.0632 e. The Labute approximate surface area is 802 Å². The summed E-state index contributed by atoms with van der Waals surface area (Å²) in [4.78, 5) is 0. The van der Waals surface area contributed by atoms with Gasteiger partial charge in [-0.3, -0.25) is 0 Å². The standard InChI is InChI=1S/C16H34O9.C10H22O7.C10H22O4.C9H20O4.3C8H18O4.2C7H16O4.C6H14O.CH4/c1-2-14(3-17,4-18)10-24-12-16(8-22,9-23)13-25-11-15(5-19,6-20)7-21;11-1-9(2-12,3-13)7-17-8-10(4-14,5-15)6-16;11-5-1-9(2-6-12)10(3-7-13)4-8-14;10-4-1-8(2-5-11)9(7-13)3-6-12;1-7(3-9,4-10)8(2,5-11)6-12;9-3-1-7(5-11)8(6-12)2-4-10;9-3-1-7(2-4-10)8(5-11)6-12;1-7(4-10,5-11)6(2-8)3-9;8-2-1-6(3-9)7(4-10)5-11;1-4-6(2,3)5-7;/h17-23H,2-13H2,1H3;11-16H,1-8H2;9-14H,1-8H2;8-13H,1-7H2;9-12H,3-6H2,1-2H3;2*7-12H,1-6H2;6,8-11H,2-5H2,1H3;6-11H,1-5H2;7H,4-5H2,1-3H3;1H4. The van der Waals surface area contributed by atoms with Gasteiger partial charge < -0.3 is 229 Å². The molecule has 832 valence electrons. The third kappa shape index (κ3) is 69.8. The Balaban J connectivity index is -0.000000143. The molecule has 0 aromatic heterocycles. The Bertz CT molecular complexity index is 2110. The summed E-state index contributed by atoms with van der Waals surface area (Å²) in [7, 11) is 0. The van der Waals surface area contributed by atoms with E-state index in [1.54, 1.807) is 20.8 Å². The lowest BCUT2D eigenvalue weighted by atomic mass is 9.67. The maximum atomic E-state index is 9.61. The fraction of sp³-hybridized carbons (Fsp3) is 1.00. The van der Waals surface area contributed by atoms with Crippen LogP contribution in [0.4, 0.5) is 0 Å². The molecule has 135 heavy (non-hydrogen) atoms. The molecule has 0 amide bonds. The highest BCUT2D eigenvalue weighted by molar-refractivity contribution is 4.92. The fourth-order valence-corrected chi connectivity index (χ4v) is 11.9. The van der Waals surface area contributed by atoms with Gasteiger partial charge in [0.25, 0.3) is 0 Å². The minimum Gasteiger partial charge on any atom is -0.396 e. The summed E-state index contributed by atoms with van der Waals surface area (Å²) >= 11 is 0. The Morgan fingerprint density at radius 1 is 0.170 bits per heavy atom. The summed E-state index contributed by atoms with van der Waals surface area (Å²) in [5.41, 5.74) is -7.80. The number of rotatable bonds is 75. The summed E-state index contributed by atoms with van der Waals surface area (Å²) in [5.74, 6) is -0.900. The molecule has 0 spiro atoms. The molecule has 45 nitrogen and oxygen atoms in total. The Morgan fingerprint density at radius 2 is 0.333 bits per heavy atom. The molecule has 0 aromatic carbocycles. The highest BCUT2D eigenvalue weighted by Gasteiger charge is 2.44. The zero-order chi connectivity index (χ0) is 106. The van der Waals surface area contributed by atoms with Gasteiger partial charge in [-0.05, 0) is 143 Å². The van der Waals surface area contributed by atoms with Gasteiger partial charge in [0.2, 0.25) is 0 Å². The minimum absolute atomic E-state index is 0. The van der Waals surface area contributed by atoms with Crippen LogP contribution in [-0.2, 0) is 14.2 Å². The van der Waals surface area contributed by atoms with Crippen LogP contribution in [0.2, 0.25) is 0 Å². The van der Waals surface area contributed by atoms with E-state index in [-0.39, 0.29) is 310 Å². The van der Waals surface area contributed by atoms with E-state index in [4.69, 9.17) is 193 Å². The third-order valence-corrected chi connectivity index (χ3v) is 25.2. The predicted octanol–water partition coefficient (Wildman–Crippen LogP) is -10.5. The summed E-state index contributed by atoms with van der Waals surface area (Å²) in [6.07, 6.45) is 8.15. The summed E-state index contributed by atoms with van der Waals surface area (Å²) in [6.45, 7) is 4.90. The van der Waals surface area contributed by atoms with E-state index in [1.165, 1.54) is 0 Å². The van der Waals surface area contributed by atoms with Crippen LogP contribution in [0.1, 0.15) is 146 Å². The van der Waals surface area contributed by atoms with Crippen molar-refractivity contribution in [2.45, 2.75) is 146 Å². The number of ether oxygens (including phenoxy) is 3. The van der Waals surface area contributed by atoms with Crippen molar-refractivity contribution >= 4 is 0 Å². The molecular formula is C90H202O45. The first-order valence-corrected chi connectivity index (χ1v) is 46.0. The van der Waals surface area contributed by atoms with Crippen LogP contribution in [0.5, 0.6) is 0 Å². The normalized spacial score (nSPS) is 13.1. The quantitative estimate of drug-likeness (QED) is 0.0269. The van der Waals surface area contributed by atoms with E-state index in [1.807, 2.05) is 20.8 Å². The summed E-state index contributed by atoms with van der Waals surface area (Å²) < 4.78 is 16.1. The molecular weight excluding hydrogens is 1800 g/mol. The number of hydrogen-bond acceptors (Lipinski definition) is 45. The van der Waals surface area contributed by atoms with Crippen molar-refractivity contribution in [2.24, 2.45) is 114 Å². The third-order valence-electron chi connectivity index (χ3n) is 25.2. The molecule has 0 heterocycles. The van der Waals surface area contributed by atoms with Gasteiger partial charge in [-0.1, -0.05) is 55.9 Å². The van der Waals surface area contributed by atoms with Crippen molar-refractivity contribution in [2.75, 3.05) is 317 Å². The largest absolute Gasteiger partial charge is 0.396 e. The fourth-order valence-electron chi connectivity index (χ4n) is 11.9. The lowest BCUT2D eigenvalue weighted by Gasteiger charge is -2.41. The van der Waals surface area contributed by atoms with E-state index in [9.17, 15) is 35.7 Å². The molecule has 0 aliphatic carbocycles. The van der Waals surface area contributed by atoms with Crippen molar-refractivity contribution in [1.29, 1.82) is 0 Å². The first kappa shape index (κ1) is 156. The van der Waals surface area contributed by atoms with Crippen LogP contribution in [-0.4, -0.2) is 532 Å². The second-order valence-corrected chi connectivity index (χ2v) is 36.1. The van der Waals surface area contributed by atoms with Gasteiger partial charge in [-0.25, -0.2) is 0 Å². The van der Waals surface area contributed by atoms with E-state index in [2.05, 4.69) is 6.92 Å². The molecule has 0 aliphatic heterocycles. The summed E-state index contributed by atoms with van der Waals surface area (Å²) in [5, 5.41) is 375. The van der Waals surface area contributed by atoms with Crippen LogP contribution < -0.4 is 0 Å². The predicted molar refractivity (Wildman–Crippen MR) is 501 cm³/mol. The number of hydrogen-bond donors (Lipinski definition) is 42. The summed E-state index contributed by atoms with van der Waals surface area (Å²) in [6, 6.07) is 0. The first-order chi connectivity index (χ1) is 63.7. The monoisotopic (exact) mass is 2000 g/mol. The Hall–Kier alpha value is -1.80. The van der Waals surface area contributed by atoms with Crippen molar-refractivity contribution in [3.8, 4) is 0 Å². The molecule has 0 radical (unpaired) electrons. The number of aliphatic hydroxyl groups excluding tert-OH is 42. The highest BCUT2D eigenvalue weighted by Crippen LogP contribution is 2.38. The molecule has 0 saturated carbocycles. The second kappa shape index (κ2) is 101. The molecule has 0 rings (SSSR count). The van der Waals surface area contributed by atoms with Gasteiger partial charge in [0, 0.05) is 191 Å². The lowest BCUT2D eigenvalue weighted by molar-refractivity contribution is -0.123. The van der Waals surface area contributed by atoms with Crippen molar-refractivity contribution < 1.29 is 229 Å². The van der Waals surface area contributed by atoms with Crippen LogP contribution >= 0.6 is 0 Å². The molecule has 0 bridgehead atoms. The topological polar surface area (TPSA) is 877 Å². The molecule has 0 aromatic rings. The van der Waals surface area contributed by atoms with Gasteiger partial charge in [0.15, 0.2) is 0 Å². The second-order valence-electron chi connectivity index (χ2n) is 36.1. The molecule has 4 unspecified atom stereocenters. The number of aliphatic hydroxyl groups is 42. The minimum atomic E-state index is -1.21. The first-order valence-electron chi connectivity index (χ1n) is 46.0. The van der Waals surface area contributed by atoms with Crippen molar-refractivity contribution in [1.82, 2.24) is 0 Å². The average molecular weight is 2000 g/mol. The van der Waals surface area contributed by atoms with Crippen LogP contribution in [0.15, 0.2) is 0 Å². The van der Waals surface area contributed by atoms with E-state index in [0.29, 0.717) is 90.1 Å². The molecule has 0 aliphatic rings. The van der Waals surface area contributed by atoms with E-state index < -0.39 is 122 Å². The Morgan fingerprint density at radius 3 is 0.474 bits per heavy atom. The zero-order valence-electron chi connectivity index (χ0n) is 81.7. The van der Waals surface area contributed by atoms with Crippen LogP contribution in [0.3, 0.4) is 0 Å². The van der Waals surface area contributed by atoms with E-state index >= 15 is 0 Å². The molecule has 0 saturated heterocycles. The maximum absolute atomic E-state index is 9.61.